The summed E-state index contributed by atoms with van der Waals surface area (Å²) < 4.78 is 52.1. The summed E-state index contributed by atoms with van der Waals surface area (Å²) in [4.78, 5) is 10.6. The third kappa shape index (κ3) is 5.16. The van der Waals surface area contributed by atoms with E-state index in [2.05, 4.69) is 31.0 Å². The number of hydrogen-bond acceptors (Lipinski definition) is 9. The molecule has 1 aromatic carbocycles. The van der Waals surface area contributed by atoms with Crippen molar-refractivity contribution >= 4 is 43.7 Å². The van der Waals surface area contributed by atoms with Crippen LogP contribution in [0, 0.1) is 6.92 Å². The molecule has 0 aliphatic carbocycles. The highest BCUT2D eigenvalue weighted by Gasteiger charge is 2.56. The Morgan fingerprint density at radius 1 is 1.22 bits per heavy atom. The first-order chi connectivity index (χ1) is 17.4. The van der Waals surface area contributed by atoms with Gasteiger partial charge in [-0.25, -0.2) is 14.5 Å². The highest BCUT2D eigenvalue weighted by atomic mass is 79.9. The van der Waals surface area contributed by atoms with E-state index in [9.17, 15) is 8.42 Å². The Balaban J connectivity index is 1.45. The Bertz CT molecular complexity index is 1440. The normalized spacial score (nSPS) is 25.2. The Labute approximate surface area is 223 Å². The molecule has 0 radical (unpaired) electrons. The van der Waals surface area contributed by atoms with Crippen LogP contribution in [0.15, 0.2) is 51.0 Å². The quantitative estimate of drug-likeness (QED) is 0.231. The molecule has 2 aromatic heterocycles. The Morgan fingerprint density at radius 2 is 1.92 bits per heavy atom. The molecule has 2 aliphatic rings. The van der Waals surface area contributed by atoms with Crippen molar-refractivity contribution in [3.8, 4) is 0 Å². The first-order valence-electron chi connectivity index (χ1n) is 11.7. The maximum absolute atomic E-state index is 12.8. The molecule has 0 N–H and O–H groups in total. The first-order valence-corrected chi connectivity index (χ1v) is 13.9. The number of aryl methyl sites for hydroxylation is 1. The summed E-state index contributed by atoms with van der Waals surface area (Å²) >= 11 is 3.60. The van der Waals surface area contributed by atoms with Crippen LogP contribution in [0.3, 0.4) is 0 Å². The van der Waals surface area contributed by atoms with Crippen LogP contribution in [-0.4, -0.2) is 79.1 Å². The Kier molecular flexibility index (Phi) is 6.88. The maximum atomic E-state index is 12.8. The molecule has 2 aliphatic heterocycles. The summed E-state index contributed by atoms with van der Waals surface area (Å²) in [6, 6.07) is 8.36. The molecular formula is C24H28BrN5O6S. The number of benzene rings is 1. The number of fused-ring (bicyclic) bond motifs is 2. The van der Waals surface area contributed by atoms with E-state index in [1.165, 1.54) is 18.5 Å². The van der Waals surface area contributed by atoms with E-state index in [0.717, 1.165) is 10.0 Å². The van der Waals surface area contributed by atoms with Gasteiger partial charge in [-0.1, -0.05) is 17.7 Å². The number of aromatic nitrogens is 3. The van der Waals surface area contributed by atoms with Crippen molar-refractivity contribution < 1.29 is 26.8 Å². The van der Waals surface area contributed by atoms with Gasteiger partial charge in [0.25, 0.3) is 10.1 Å². The zero-order valence-corrected chi connectivity index (χ0v) is 23.4. The summed E-state index contributed by atoms with van der Waals surface area (Å²) in [7, 11) is -0.246. The SMILES string of the molecule is Cc1ccc(S(=O)(=O)OC[C@H]2O[C@@H](c3cc(Br)c4c(N=CN(C)C)ncnn34)[C@@H]3OC(C)(C)O[C@@H]32)cc1. The van der Waals surface area contributed by atoms with Gasteiger partial charge in [0.05, 0.1) is 23.5 Å². The van der Waals surface area contributed by atoms with E-state index in [-0.39, 0.29) is 11.5 Å². The van der Waals surface area contributed by atoms with E-state index in [1.807, 2.05) is 45.8 Å². The second kappa shape index (κ2) is 9.71. The number of nitrogens with zero attached hydrogens (tertiary/aromatic N) is 5. The minimum atomic E-state index is -3.98. The summed E-state index contributed by atoms with van der Waals surface area (Å²) in [5.74, 6) is -0.407. The molecule has 2 saturated heterocycles. The van der Waals surface area contributed by atoms with Crippen molar-refractivity contribution in [1.29, 1.82) is 0 Å². The largest absolute Gasteiger partial charge is 0.369 e. The maximum Gasteiger partial charge on any atom is 0.297 e. The number of rotatable bonds is 7. The molecule has 4 heterocycles. The summed E-state index contributed by atoms with van der Waals surface area (Å²) in [6.45, 7) is 5.28. The molecular weight excluding hydrogens is 566 g/mol. The summed E-state index contributed by atoms with van der Waals surface area (Å²) in [6.07, 6.45) is 0.700. The lowest BCUT2D eigenvalue weighted by atomic mass is 10.1. The zero-order chi connectivity index (χ0) is 26.5. The van der Waals surface area contributed by atoms with Gasteiger partial charge in [-0.2, -0.15) is 13.5 Å². The molecule has 2 fully saturated rings. The van der Waals surface area contributed by atoms with Gasteiger partial charge < -0.3 is 19.1 Å². The van der Waals surface area contributed by atoms with E-state index in [1.54, 1.807) is 23.0 Å². The molecule has 5 rings (SSSR count). The van der Waals surface area contributed by atoms with Crippen molar-refractivity contribution in [2.24, 2.45) is 4.99 Å². The molecule has 3 aromatic rings. The zero-order valence-electron chi connectivity index (χ0n) is 21.0. The average molecular weight is 594 g/mol. The van der Waals surface area contributed by atoms with Crippen molar-refractivity contribution in [2.45, 2.75) is 55.9 Å². The average Bonchev–Trinajstić information content (AvgIpc) is 3.45. The topological polar surface area (TPSA) is 117 Å². The van der Waals surface area contributed by atoms with Gasteiger partial charge in [0.15, 0.2) is 11.6 Å². The van der Waals surface area contributed by atoms with E-state index >= 15 is 0 Å². The summed E-state index contributed by atoms with van der Waals surface area (Å²) in [5, 5.41) is 4.43. The second-order valence-corrected chi connectivity index (χ2v) is 12.2. The fraction of sp³-hybridized carbons (Fsp3) is 0.458. The molecule has 0 bridgehead atoms. The van der Waals surface area contributed by atoms with Gasteiger partial charge in [-0.05, 0) is 54.9 Å². The van der Waals surface area contributed by atoms with Crippen molar-refractivity contribution in [3.05, 3.63) is 52.4 Å². The van der Waals surface area contributed by atoms with Crippen molar-refractivity contribution in [3.63, 3.8) is 0 Å². The molecule has 0 amide bonds. The van der Waals surface area contributed by atoms with Gasteiger partial charge in [-0.15, -0.1) is 0 Å². The number of ether oxygens (including phenoxy) is 3. The first kappa shape index (κ1) is 26.2. The minimum absolute atomic E-state index is 0.0807. The van der Waals surface area contributed by atoms with Gasteiger partial charge in [0, 0.05) is 18.6 Å². The monoisotopic (exact) mass is 593 g/mol. The highest BCUT2D eigenvalue weighted by molar-refractivity contribution is 9.10. The lowest BCUT2D eigenvalue weighted by Gasteiger charge is -2.24. The summed E-state index contributed by atoms with van der Waals surface area (Å²) in [5.41, 5.74) is 2.30. The van der Waals surface area contributed by atoms with Gasteiger partial charge in [0.1, 0.15) is 36.3 Å². The van der Waals surface area contributed by atoms with Crippen LogP contribution in [0.4, 0.5) is 5.82 Å². The molecule has 11 nitrogen and oxygen atoms in total. The molecule has 37 heavy (non-hydrogen) atoms. The molecule has 4 atom stereocenters. The third-order valence-corrected chi connectivity index (χ3v) is 7.97. The second-order valence-electron chi connectivity index (χ2n) is 9.68. The third-order valence-electron chi connectivity index (χ3n) is 6.07. The predicted molar refractivity (Wildman–Crippen MR) is 138 cm³/mol. The van der Waals surface area contributed by atoms with Crippen LogP contribution in [0.2, 0.25) is 0 Å². The van der Waals surface area contributed by atoms with Crippen molar-refractivity contribution in [1.82, 2.24) is 19.5 Å². The Morgan fingerprint density at radius 3 is 2.62 bits per heavy atom. The number of aliphatic imine (C=N–C) groups is 1. The van der Waals surface area contributed by atoms with E-state index in [0.29, 0.717) is 17.0 Å². The van der Waals surface area contributed by atoms with Crippen LogP contribution in [-0.2, 0) is 28.5 Å². The van der Waals surface area contributed by atoms with E-state index < -0.39 is 40.3 Å². The predicted octanol–water partition coefficient (Wildman–Crippen LogP) is 3.39. The van der Waals surface area contributed by atoms with Gasteiger partial charge in [0.2, 0.25) is 0 Å². The molecule has 0 spiro atoms. The van der Waals surface area contributed by atoms with Gasteiger partial charge in [-0.3, -0.25) is 4.18 Å². The van der Waals surface area contributed by atoms with Crippen LogP contribution in [0.1, 0.15) is 31.2 Å². The lowest BCUT2D eigenvalue weighted by Crippen LogP contribution is -2.33. The van der Waals surface area contributed by atoms with Gasteiger partial charge >= 0.3 is 0 Å². The lowest BCUT2D eigenvalue weighted by molar-refractivity contribution is -0.190. The standard InChI is InChI=1S/C24H28BrN5O6S/c1-14-6-8-15(9-7-14)37(31,32)33-11-18-21-22(36-24(2,3)35-21)20(34-18)17-10-16(25)19-23(27-13-29(4)5)26-12-28-30(17)19/h6-10,12-13,18,20-22H,11H2,1-5H3/t18-,20+,21-,22+/m1/s1. The number of hydrogen-bond donors (Lipinski definition) is 0. The number of halogens is 1. The fourth-order valence-corrected chi connectivity index (χ4v) is 5.96. The Hall–Kier alpha value is -2.42. The van der Waals surface area contributed by atoms with Crippen LogP contribution in [0.25, 0.3) is 5.52 Å². The van der Waals surface area contributed by atoms with Crippen LogP contribution >= 0.6 is 15.9 Å². The van der Waals surface area contributed by atoms with E-state index in [4.69, 9.17) is 18.4 Å². The fourth-order valence-electron chi connectivity index (χ4n) is 4.46. The molecule has 198 valence electrons. The van der Waals surface area contributed by atoms with Crippen molar-refractivity contribution in [2.75, 3.05) is 20.7 Å². The smallest absolute Gasteiger partial charge is 0.297 e. The molecule has 0 unspecified atom stereocenters. The van der Waals surface area contributed by atoms with Crippen LogP contribution < -0.4 is 0 Å². The van der Waals surface area contributed by atoms with Crippen LogP contribution in [0.5, 0.6) is 0 Å². The minimum Gasteiger partial charge on any atom is -0.369 e. The molecule has 0 saturated carbocycles. The highest BCUT2D eigenvalue weighted by Crippen LogP contribution is 2.46. The molecule has 13 heteroatoms.